The fraction of sp³-hybridized carbons (Fsp3) is 0.375. The molecule has 0 radical (unpaired) electrons. The molecule has 2 aromatic rings. The summed E-state index contributed by atoms with van der Waals surface area (Å²) >= 11 is 0. The molecule has 0 spiro atoms. The molecule has 0 bridgehead atoms. The molecule has 20 heavy (non-hydrogen) atoms. The van der Waals surface area contributed by atoms with Crippen LogP contribution in [0.3, 0.4) is 0 Å². The molecule has 1 heterocycles. The van der Waals surface area contributed by atoms with Gasteiger partial charge in [0.05, 0.1) is 6.26 Å². The Morgan fingerprint density at radius 2 is 1.90 bits per heavy atom. The number of halogens is 1. The standard InChI is InChI=1S/C16H21FN2O/c1-11(18)16(13-4-6-15(17)7-5-13)19(3)10-14-8-9-20-12(14)2/h4-9,11,16H,10,18H2,1-3H3. The van der Waals surface area contributed by atoms with Gasteiger partial charge in [-0.25, -0.2) is 4.39 Å². The summed E-state index contributed by atoms with van der Waals surface area (Å²) < 4.78 is 18.4. The van der Waals surface area contributed by atoms with E-state index >= 15 is 0 Å². The minimum atomic E-state index is -0.231. The Balaban J connectivity index is 2.20. The molecule has 0 saturated heterocycles. The van der Waals surface area contributed by atoms with Gasteiger partial charge in [-0.2, -0.15) is 0 Å². The van der Waals surface area contributed by atoms with Crippen LogP contribution in [0.15, 0.2) is 41.0 Å². The SMILES string of the molecule is Cc1occc1CN(C)C(c1ccc(F)cc1)C(C)N. The molecule has 0 aliphatic carbocycles. The van der Waals surface area contributed by atoms with Crippen molar-refractivity contribution in [1.29, 1.82) is 0 Å². The Morgan fingerprint density at radius 1 is 1.25 bits per heavy atom. The first kappa shape index (κ1) is 14.8. The average Bonchev–Trinajstić information content (AvgIpc) is 2.77. The van der Waals surface area contributed by atoms with Gasteiger partial charge < -0.3 is 10.2 Å². The number of hydrogen-bond donors (Lipinski definition) is 1. The lowest BCUT2D eigenvalue weighted by atomic mass is 9.99. The number of benzene rings is 1. The predicted molar refractivity (Wildman–Crippen MR) is 77.7 cm³/mol. The Bertz CT molecular complexity index is 548. The lowest BCUT2D eigenvalue weighted by molar-refractivity contribution is 0.209. The number of likely N-dealkylation sites (N-methyl/N-ethyl adjacent to an activating group) is 1. The molecule has 3 nitrogen and oxygen atoms in total. The van der Waals surface area contributed by atoms with E-state index in [9.17, 15) is 4.39 Å². The van der Waals surface area contributed by atoms with Crippen LogP contribution in [0.25, 0.3) is 0 Å². The summed E-state index contributed by atoms with van der Waals surface area (Å²) in [5.74, 6) is 0.685. The second-order valence-electron chi connectivity index (χ2n) is 5.27. The third kappa shape index (κ3) is 3.26. The summed E-state index contributed by atoms with van der Waals surface area (Å²) in [7, 11) is 2.02. The van der Waals surface area contributed by atoms with Crippen LogP contribution in [-0.4, -0.2) is 18.0 Å². The number of furan rings is 1. The summed E-state index contributed by atoms with van der Waals surface area (Å²) in [6.07, 6.45) is 1.69. The molecule has 0 saturated carbocycles. The first-order valence-corrected chi connectivity index (χ1v) is 6.73. The average molecular weight is 276 g/mol. The monoisotopic (exact) mass is 276 g/mol. The summed E-state index contributed by atoms with van der Waals surface area (Å²) in [6.45, 7) is 4.65. The molecular weight excluding hydrogens is 255 g/mol. The van der Waals surface area contributed by atoms with Crippen molar-refractivity contribution < 1.29 is 8.81 Å². The van der Waals surface area contributed by atoms with E-state index in [-0.39, 0.29) is 17.9 Å². The van der Waals surface area contributed by atoms with Crippen LogP contribution in [0.4, 0.5) is 4.39 Å². The fourth-order valence-electron chi connectivity index (χ4n) is 2.56. The van der Waals surface area contributed by atoms with Crippen molar-refractivity contribution in [3.05, 3.63) is 59.3 Å². The van der Waals surface area contributed by atoms with Crippen molar-refractivity contribution in [2.45, 2.75) is 32.5 Å². The van der Waals surface area contributed by atoms with Crippen LogP contribution >= 0.6 is 0 Å². The van der Waals surface area contributed by atoms with Crippen LogP contribution in [-0.2, 0) is 6.54 Å². The largest absolute Gasteiger partial charge is 0.469 e. The first-order valence-electron chi connectivity index (χ1n) is 6.73. The second kappa shape index (κ2) is 6.20. The van der Waals surface area contributed by atoms with Crippen molar-refractivity contribution >= 4 is 0 Å². The zero-order valence-electron chi connectivity index (χ0n) is 12.1. The van der Waals surface area contributed by atoms with E-state index in [1.807, 2.05) is 27.0 Å². The lowest BCUT2D eigenvalue weighted by Gasteiger charge is -2.31. The van der Waals surface area contributed by atoms with Gasteiger partial charge in [0.15, 0.2) is 0 Å². The Labute approximate surface area is 119 Å². The van der Waals surface area contributed by atoms with E-state index in [4.69, 9.17) is 10.2 Å². The Hall–Kier alpha value is -1.65. The van der Waals surface area contributed by atoms with Gasteiger partial charge in [-0.1, -0.05) is 12.1 Å². The maximum atomic E-state index is 13.1. The molecule has 0 fully saturated rings. The molecule has 2 unspecified atom stereocenters. The van der Waals surface area contributed by atoms with Crippen LogP contribution in [0.5, 0.6) is 0 Å². The maximum Gasteiger partial charge on any atom is 0.123 e. The molecule has 0 aliphatic rings. The van der Waals surface area contributed by atoms with E-state index in [0.717, 1.165) is 23.4 Å². The van der Waals surface area contributed by atoms with E-state index in [1.165, 1.54) is 12.1 Å². The molecule has 1 aromatic heterocycles. The molecule has 2 atom stereocenters. The van der Waals surface area contributed by atoms with E-state index in [2.05, 4.69) is 4.90 Å². The van der Waals surface area contributed by atoms with Crippen LogP contribution in [0.2, 0.25) is 0 Å². The van der Waals surface area contributed by atoms with Crippen molar-refractivity contribution in [3.8, 4) is 0 Å². The van der Waals surface area contributed by atoms with Gasteiger partial charge in [-0.05, 0) is 44.7 Å². The van der Waals surface area contributed by atoms with Crippen LogP contribution < -0.4 is 5.73 Å². The van der Waals surface area contributed by atoms with Crippen molar-refractivity contribution in [3.63, 3.8) is 0 Å². The number of aryl methyl sites for hydroxylation is 1. The summed E-state index contributed by atoms with van der Waals surface area (Å²) in [5, 5.41) is 0. The summed E-state index contributed by atoms with van der Waals surface area (Å²) in [6, 6.07) is 8.48. The highest BCUT2D eigenvalue weighted by Gasteiger charge is 2.22. The fourth-order valence-corrected chi connectivity index (χ4v) is 2.56. The quantitative estimate of drug-likeness (QED) is 0.911. The number of rotatable bonds is 5. The normalized spacial score (nSPS) is 14.5. The number of nitrogens with two attached hydrogens (primary N) is 1. The number of hydrogen-bond acceptors (Lipinski definition) is 3. The van der Waals surface area contributed by atoms with Crippen molar-refractivity contribution in [1.82, 2.24) is 4.90 Å². The van der Waals surface area contributed by atoms with Crippen molar-refractivity contribution in [2.75, 3.05) is 7.05 Å². The Kier molecular flexibility index (Phi) is 4.57. The topological polar surface area (TPSA) is 42.4 Å². The highest BCUT2D eigenvalue weighted by molar-refractivity contribution is 5.22. The third-order valence-electron chi connectivity index (χ3n) is 3.57. The number of nitrogens with zero attached hydrogens (tertiary/aromatic N) is 1. The van der Waals surface area contributed by atoms with Gasteiger partial charge in [-0.3, -0.25) is 4.90 Å². The van der Waals surface area contributed by atoms with Crippen molar-refractivity contribution in [2.24, 2.45) is 5.73 Å². The molecule has 0 amide bonds. The maximum absolute atomic E-state index is 13.1. The van der Waals surface area contributed by atoms with E-state index in [0.29, 0.717) is 0 Å². The van der Waals surface area contributed by atoms with Gasteiger partial charge >= 0.3 is 0 Å². The van der Waals surface area contributed by atoms with E-state index < -0.39 is 0 Å². The molecule has 0 aliphatic heterocycles. The minimum absolute atomic E-state index is 0.0323. The smallest absolute Gasteiger partial charge is 0.123 e. The Morgan fingerprint density at radius 3 is 2.40 bits per heavy atom. The van der Waals surface area contributed by atoms with Gasteiger partial charge in [0.25, 0.3) is 0 Å². The summed E-state index contributed by atoms with van der Waals surface area (Å²) in [4.78, 5) is 2.16. The molecular formula is C16H21FN2O. The van der Waals surface area contributed by atoms with Gasteiger partial charge in [-0.15, -0.1) is 0 Å². The van der Waals surface area contributed by atoms with Gasteiger partial charge in [0.1, 0.15) is 11.6 Å². The van der Waals surface area contributed by atoms with Gasteiger partial charge in [0, 0.05) is 24.2 Å². The summed E-state index contributed by atoms with van der Waals surface area (Å²) in [5.41, 5.74) is 8.27. The molecule has 108 valence electrons. The zero-order valence-corrected chi connectivity index (χ0v) is 12.1. The zero-order chi connectivity index (χ0) is 14.7. The highest BCUT2D eigenvalue weighted by atomic mass is 19.1. The lowest BCUT2D eigenvalue weighted by Crippen LogP contribution is -2.37. The van der Waals surface area contributed by atoms with Gasteiger partial charge in [0.2, 0.25) is 0 Å². The van der Waals surface area contributed by atoms with Crippen LogP contribution in [0, 0.1) is 12.7 Å². The minimum Gasteiger partial charge on any atom is -0.469 e. The third-order valence-corrected chi connectivity index (χ3v) is 3.57. The molecule has 4 heteroatoms. The highest BCUT2D eigenvalue weighted by Crippen LogP contribution is 2.25. The second-order valence-corrected chi connectivity index (χ2v) is 5.27. The molecule has 2 rings (SSSR count). The predicted octanol–water partition coefficient (Wildman–Crippen LogP) is 3.25. The molecule has 2 N–H and O–H groups in total. The first-order chi connectivity index (χ1) is 9.49. The van der Waals surface area contributed by atoms with E-state index in [1.54, 1.807) is 18.4 Å². The molecule has 1 aromatic carbocycles. The van der Waals surface area contributed by atoms with Crippen LogP contribution in [0.1, 0.15) is 29.9 Å².